The molecule has 0 radical (unpaired) electrons. The van der Waals surface area contributed by atoms with Crippen LogP contribution in [0.3, 0.4) is 0 Å². The normalized spacial score (nSPS) is 14.6. The highest BCUT2D eigenvalue weighted by Gasteiger charge is 2.19. The van der Waals surface area contributed by atoms with E-state index in [4.69, 9.17) is 0 Å². The first-order valence-corrected chi connectivity index (χ1v) is 8.58. The van der Waals surface area contributed by atoms with Crippen LogP contribution in [-0.2, 0) is 11.3 Å². The largest absolute Gasteiger partial charge is 0.333 e. The maximum atomic E-state index is 12.0. The molecule has 0 aliphatic carbocycles. The summed E-state index contributed by atoms with van der Waals surface area (Å²) in [5.41, 5.74) is 1.52. The van der Waals surface area contributed by atoms with E-state index in [0.717, 1.165) is 30.0 Å². The Morgan fingerprint density at radius 3 is 2.91 bits per heavy atom. The van der Waals surface area contributed by atoms with E-state index in [-0.39, 0.29) is 11.9 Å². The lowest BCUT2D eigenvalue weighted by Crippen LogP contribution is -2.35. The average Bonchev–Trinajstić information content (AvgIpc) is 3.07. The number of rotatable bonds is 4. The Morgan fingerprint density at radius 1 is 1.22 bits per heavy atom. The molecule has 2 N–H and O–H groups in total. The highest BCUT2D eigenvalue weighted by molar-refractivity contribution is 7.09. The topological polar surface area (TPSA) is 61.4 Å². The van der Waals surface area contributed by atoms with E-state index < -0.39 is 0 Å². The molecule has 0 spiro atoms. The van der Waals surface area contributed by atoms with Crippen LogP contribution in [0.4, 0.5) is 16.2 Å². The third-order valence-electron chi connectivity index (χ3n) is 3.74. The smallest absolute Gasteiger partial charge is 0.319 e. The monoisotopic (exact) mass is 329 g/mol. The molecule has 1 aromatic heterocycles. The van der Waals surface area contributed by atoms with E-state index >= 15 is 0 Å². The van der Waals surface area contributed by atoms with Gasteiger partial charge in [0.25, 0.3) is 0 Å². The quantitative estimate of drug-likeness (QED) is 0.900. The van der Waals surface area contributed by atoms with Gasteiger partial charge in [-0.2, -0.15) is 0 Å². The van der Waals surface area contributed by atoms with E-state index in [9.17, 15) is 9.59 Å². The van der Waals surface area contributed by atoms with Crippen molar-refractivity contribution in [3.05, 3.63) is 46.7 Å². The SMILES string of the molecule is O=C(NCc1cccs1)Nc1cccc(N2CCCCC2=O)c1. The standard InChI is InChI=1S/C17H19N3O2S/c21-16-8-1-2-9-20(16)14-6-3-5-13(11-14)19-17(22)18-12-15-7-4-10-23-15/h3-7,10-11H,1-2,8-9,12H2,(H2,18,19,22). The predicted octanol–water partition coefficient (Wildman–Crippen LogP) is 3.59. The lowest BCUT2D eigenvalue weighted by Gasteiger charge is -2.27. The molecular weight excluding hydrogens is 310 g/mol. The lowest BCUT2D eigenvalue weighted by molar-refractivity contribution is -0.119. The summed E-state index contributed by atoms with van der Waals surface area (Å²) in [6.45, 7) is 1.25. The fourth-order valence-electron chi connectivity index (χ4n) is 2.59. The number of nitrogens with zero attached hydrogens (tertiary/aromatic N) is 1. The van der Waals surface area contributed by atoms with Crippen LogP contribution in [0.15, 0.2) is 41.8 Å². The molecule has 1 aliphatic heterocycles. The summed E-state index contributed by atoms with van der Waals surface area (Å²) < 4.78 is 0. The van der Waals surface area contributed by atoms with Crippen molar-refractivity contribution < 1.29 is 9.59 Å². The number of piperidine rings is 1. The average molecular weight is 329 g/mol. The fourth-order valence-corrected chi connectivity index (χ4v) is 3.23. The summed E-state index contributed by atoms with van der Waals surface area (Å²) in [6, 6.07) is 11.1. The number of hydrogen-bond donors (Lipinski definition) is 2. The van der Waals surface area contributed by atoms with Crippen LogP contribution in [0.1, 0.15) is 24.1 Å². The zero-order valence-electron chi connectivity index (χ0n) is 12.7. The Hall–Kier alpha value is -2.34. The Labute approximate surface area is 139 Å². The molecule has 1 aliphatic rings. The summed E-state index contributed by atoms with van der Waals surface area (Å²) in [7, 11) is 0. The van der Waals surface area contributed by atoms with Crippen molar-refractivity contribution >= 4 is 34.6 Å². The van der Waals surface area contributed by atoms with Crippen molar-refractivity contribution in [1.82, 2.24) is 5.32 Å². The van der Waals surface area contributed by atoms with Gasteiger partial charge in [0.1, 0.15) is 0 Å². The maximum Gasteiger partial charge on any atom is 0.319 e. The second-order valence-electron chi connectivity index (χ2n) is 5.44. The molecule has 2 aromatic rings. The highest BCUT2D eigenvalue weighted by Crippen LogP contribution is 2.23. The molecule has 1 saturated heterocycles. The molecule has 3 amide bonds. The summed E-state index contributed by atoms with van der Waals surface area (Å²) in [5.74, 6) is 0.149. The third kappa shape index (κ3) is 4.10. The predicted molar refractivity (Wildman–Crippen MR) is 92.8 cm³/mol. The van der Waals surface area contributed by atoms with Crippen LogP contribution >= 0.6 is 11.3 Å². The van der Waals surface area contributed by atoms with Gasteiger partial charge in [-0.15, -0.1) is 11.3 Å². The third-order valence-corrected chi connectivity index (χ3v) is 4.62. The minimum absolute atomic E-state index is 0.149. The molecular formula is C17H19N3O2S. The van der Waals surface area contributed by atoms with Crippen LogP contribution in [0.25, 0.3) is 0 Å². The van der Waals surface area contributed by atoms with Crippen LogP contribution in [0.5, 0.6) is 0 Å². The summed E-state index contributed by atoms with van der Waals surface area (Å²) in [4.78, 5) is 26.8. The molecule has 1 fully saturated rings. The van der Waals surface area contributed by atoms with Gasteiger partial charge < -0.3 is 15.5 Å². The van der Waals surface area contributed by atoms with E-state index in [1.165, 1.54) is 0 Å². The van der Waals surface area contributed by atoms with Gasteiger partial charge in [0.2, 0.25) is 5.91 Å². The van der Waals surface area contributed by atoms with Gasteiger partial charge in [0, 0.05) is 29.2 Å². The number of amides is 3. The number of thiophene rings is 1. The van der Waals surface area contributed by atoms with Crippen LogP contribution in [-0.4, -0.2) is 18.5 Å². The molecule has 0 bridgehead atoms. The van der Waals surface area contributed by atoms with Crippen LogP contribution < -0.4 is 15.5 Å². The van der Waals surface area contributed by atoms with E-state index in [2.05, 4.69) is 10.6 Å². The molecule has 120 valence electrons. The van der Waals surface area contributed by atoms with Crippen molar-refractivity contribution in [1.29, 1.82) is 0 Å². The highest BCUT2D eigenvalue weighted by atomic mass is 32.1. The van der Waals surface area contributed by atoms with Gasteiger partial charge in [0.05, 0.1) is 6.54 Å². The second kappa shape index (κ2) is 7.28. The van der Waals surface area contributed by atoms with Crippen molar-refractivity contribution in [3.8, 4) is 0 Å². The number of anilines is 2. The van der Waals surface area contributed by atoms with Crippen LogP contribution in [0, 0.1) is 0 Å². The van der Waals surface area contributed by atoms with Crippen molar-refractivity contribution in [2.45, 2.75) is 25.8 Å². The number of nitrogens with one attached hydrogen (secondary N) is 2. The minimum atomic E-state index is -0.250. The van der Waals surface area contributed by atoms with Gasteiger partial charge in [0.15, 0.2) is 0 Å². The molecule has 3 rings (SSSR count). The number of carbonyl (C=O) groups is 2. The minimum Gasteiger partial charge on any atom is -0.333 e. The summed E-state index contributed by atoms with van der Waals surface area (Å²) in [5, 5.41) is 7.62. The molecule has 0 unspecified atom stereocenters. The van der Waals surface area contributed by atoms with Gasteiger partial charge in [-0.05, 0) is 42.5 Å². The van der Waals surface area contributed by atoms with Crippen LogP contribution in [0.2, 0.25) is 0 Å². The number of benzene rings is 1. The zero-order valence-corrected chi connectivity index (χ0v) is 13.6. The Balaban J connectivity index is 1.60. The van der Waals surface area contributed by atoms with Gasteiger partial charge in [-0.3, -0.25) is 4.79 Å². The van der Waals surface area contributed by atoms with Crippen molar-refractivity contribution in [2.24, 2.45) is 0 Å². The fraction of sp³-hybridized carbons (Fsp3) is 0.294. The molecule has 1 aromatic carbocycles. The molecule has 6 heteroatoms. The van der Waals surface area contributed by atoms with E-state index in [0.29, 0.717) is 18.7 Å². The first-order chi connectivity index (χ1) is 11.2. The molecule has 5 nitrogen and oxygen atoms in total. The summed E-state index contributed by atoms with van der Waals surface area (Å²) in [6.07, 6.45) is 2.57. The zero-order chi connectivity index (χ0) is 16.1. The molecule has 23 heavy (non-hydrogen) atoms. The molecule has 0 saturated carbocycles. The number of carbonyl (C=O) groups excluding carboxylic acids is 2. The Morgan fingerprint density at radius 2 is 2.13 bits per heavy atom. The number of urea groups is 1. The molecule has 2 heterocycles. The summed E-state index contributed by atoms with van der Waals surface area (Å²) >= 11 is 1.61. The maximum absolute atomic E-state index is 12.0. The Bertz CT molecular complexity index is 685. The number of hydrogen-bond acceptors (Lipinski definition) is 3. The first-order valence-electron chi connectivity index (χ1n) is 7.70. The van der Waals surface area contributed by atoms with E-state index in [1.807, 2.05) is 41.8 Å². The molecule has 0 atom stereocenters. The van der Waals surface area contributed by atoms with Gasteiger partial charge in [-0.1, -0.05) is 12.1 Å². The first kappa shape index (κ1) is 15.6. The second-order valence-corrected chi connectivity index (χ2v) is 6.47. The van der Waals surface area contributed by atoms with E-state index in [1.54, 1.807) is 16.2 Å². The van der Waals surface area contributed by atoms with Gasteiger partial charge in [-0.25, -0.2) is 4.79 Å². The van der Waals surface area contributed by atoms with Crippen molar-refractivity contribution in [2.75, 3.05) is 16.8 Å². The lowest BCUT2D eigenvalue weighted by atomic mass is 10.1. The van der Waals surface area contributed by atoms with Crippen molar-refractivity contribution in [3.63, 3.8) is 0 Å². The Kier molecular flexibility index (Phi) is 4.92. The van der Waals surface area contributed by atoms with Gasteiger partial charge >= 0.3 is 6.03 Å².